The Kier molecular flexibility index (Phi) is 6.55. The summed E-state index contributed by atoms with van der Waals surface area (Å²) in [6.45, 7) is 1.66. The highest BCUT2D eigenvalue weighted by Crippen LogP contribution is 2.29. The molecule has 156 valence electrons. The van der Waals surface area contributed by atoms with Gasteiger partial charge in [0, 0.05) is 10.7 Å². The van der Waals surface area contributed by atoms with Gasteiger partial charge in [0.1, 0.15) is 5.75 Å². The normalized spacial score (nSPS) is 11.1. The first-order valence-electron chi connectivity index (χ1n) is 8.74. The first-order chi connectivity index (χ1) is 14.2. The summed E-state index contributed by atoms with van der Waals surface area (Å²) in [5.41, 5.74) is 1.29. The molecular weight excluding hydrogens is 447 g/mol. The molecule has 9 heteroatoms. The first kappa shape index (κ1) is 22.0. The molecule has 0 atom stereocenters. The molecule has 0 heterocycles. The van der Waals surface area contributed by atoms with Gasteiger partial charge < -0.3 is 10.1 Å². The van der Waals surface area contributed by atoms with Crippen LogP contribution in [-0.2, 0) is 10.0 Å². The number of hydrogen-bond donors (Lipinski definition) is 2. The maximum absolute atomic E-state index is 13.0. The summed E-state index contributed by atoms with van der Waals surface area (Å²) in [5.74, 6) is -0.119. The molecule has 0 aliphatic rings. The van der Waals surface area contributed by atoms with Gasteiger partial charge in [-0.15, -0.1) is 0 Å². The molecule has 0 aliphatic heterocycles. The van der Waals surface area contributed by atoms with E-state index in [-0.39, 0.29) is 15.5 Å². The van der Waals surface area contributed by atoms with E-state index < -0.39 is 15.9 Å². The van der Waals surface area contributed by atoms with Crippen LogP contribution in [0.15, 0.2) is 65.6 Å². The largest absolute Gasteiger partial charge is 0.495 e. The van der Waals surface area contributed by atoms with Crippen molar-refractivity contribution >= 4 is 50.5 Å². The molecule has 6 nitrogen and oxygen atoms in total. The Morgan fingerprint density at radius 3 is 2.47 bits per heavy atom. The van der Waals surface area contributed by atoms with E-state index in [1.807, 2.05) is 0 Å². The van der Waals surface area contributed by atoms with Crippen LogP contribution in [0.2, 0.25) is 10.0 Å². The summed E-state index contributed by atoms with van der Waals surface area (Å²) in [7, 11) is -2.49. The highest BCUT2D eigenvalue weighted by Gasteiger charge is 2.20. The van der Waals surface area contributed by atoms with Crippen LogP contribution in [0.1, 0.15) is 15.9 Å². The highest BCUT2D eigenvalue weighted by atomic mass is 35.5. The quantitative estimate of drug-likeness (QED) is 0.513. The van der Waals surface area contributed by atoms with Gasteiger partial charge in [0.15, 0.2) is 0 Å². The number of nitrogens with one attached hydrogen (secondary N) is 2. The molecule has 1 amide bonds. The lowest BCUT2D eigenvalue weighted by Crippen LogP contribution is -2.17. The fourth-order valence-corrected chi connectivity index (χ4v) is 4.48. The molecule has 0 saturated heterocycles. The molecule has 3 aromatic carbocycles. The van der Waals surface area contributed by atoms with Gasteiger partial charge in [-0.05, 0) is 55.0 Å². The van der Waals surface area contributed by atoms with E-state index in [1.54, 1.807) is 49.4 Å². The molecule has 0 unspecified atom stereocenters. The number of anilines is 2. The van der Waals surface area contributed by atoms with Crippen molar-refractivity contribution in [2.45, 2.75) is 11.8 Å². The Morgan fingerprint density at radius 2 is 1.73 bits per heavy atom. The van der Waals surface area contributed by atoms with Crippen molar-refractivity contribution in [2.75, 3.05) is 17.1 Å². The smallest absolute Gasteiger partial charge is 0.262 e. The van der Waals surface area contributed by atoms with Crippen LogP contribution < -0.4 is 14.8 Å². The molecule has 0 radical (unpaired) electrons. The lowest BCUT2D eigenvalue weighted by atomic mass is 10.2. The minimum absolute atomic E-state index is 0.0170. The molecule has 3 rings (SSSR count). The number of methoxy groups -OCH3 is 1. The van der Waals surface area contributed by atoms with Crippen molar-refractivity contribution in [3.63, 3.8) is 0 Å². The Labute approximate surface area is 184 Å². The number of ether oxygens (including phenoxy) is 1. The summed E-state index contributed by atoms with van der Waals surface area (Å²) in [4.78, 5) is 12.6. The zero-order valence-electron chi connectivity index (χ0n) is 16.1. The molecule has 0 fully saturated rings. The number of amides is 1. The molecule has 3 aromatic rings. The van der Waals surface area contributed by atoms with Crippen LogP contribution in [0, 0.1) is 6.92 Å². The SMILES string of the molecule is COc1ccccc1NS(=O)(=O)c1cc(NC(=O)c2cc(Cl)ccc2Cl)ccc1C. The lowest BCUT2D eigenvalue weighted by Gasteiger charge is -2.14. The lowest BCUT2D eigenvalue weighted by molar-refractivity contribution is 0.102. The number of halogens is 2. The zero-order chi connectivity index (χ0) is 21.9. The van der Waals surface area contributed by atoms with Crippen LogP contribution in [0.5, 0.6) is 5.75 Å². The number of sulfonamides is 1. The predicted molar refractivity (Wildman–Crippen MR) is 119 cm³/mol. The predicted octanol–water partition coefficient (Wildman–Crippen LogP) is 5.36. The van der Waals surface area contributed by atoms with Crippen molar-refractivity contribution < 1.29 is 17.9 Å². The van der Waals surface area contributed by atoms with Crippen LogP contribution in [0.25, 0.3) is 0 Å². The molecule has 0 aliphatic carbocycles. The topological polar surface area (TPSA) is 84.5 Å². The first-order valence-corrected chi connectivity index (χ1v) is 11.0. The number of benzene rings is 3. The van der Waals surface area contributed by atoms with Crippen LogP contribution in [0.3, 0.4) is 0 Å². The number of para-hydroxylation sites is 2. The monoisotopic (exact) mass is 464 g/mol. The second kappa shape index (κ2) is 8.95. The van der Waals surface area contributed by atoms with Gasteiger partial charge in [-0.3, -0.25) is 9.52 Å². The van der Waals surface area contributed by atoms with Crippen LogP contribution >= 0.6 is 23.2 Å². The maximum Gasteiger partial charge on any atom is 0.262 e. The van der Waals surface area contributed by atoms with E-state index in [2.05, 4.69) is 10.0 Å². The minimum atomic E-state index is -3.94. The van der Waals surface area contributed by atoms with Gasteiger partial charge in [0.25, 0.3) is 15.9 Å². The van der Waals surface area contributed by atoms with E-state index in [1.165, 1.54) is 25.3 Å². The van der Waals surface area contributed by atoms with Crippen molar-refractivity contribution in [3.8, 4) is 5.75 Å². The van der Waals surface area contributed by atoms with Crippen molar-refractivity contribution in [1.82, 2.24) is 0 Å². The van der Waals surface area contributed by atoms with Gasteiger partial charge in [-0.2, -0.15) is 0 Å². The van der Waals surface area contributed by atoms with Crippen molar-refractivity contribution in [1.29, 1.82) is 0 Å². The second-order valence-electron chi connectivity index (χ2n) is 6.36. The van der Waals surface area contributed by atoms with Gasteiger partial charge in [0.2, 0.25) is 0 Å². The fourth-order valence-electron chi connectivity index (χ4n) is 2.77. The third-order valence-corrected chi connectivity index (χ3v) is 6.33. The maximum atomic E-state index is 13.0. The Bertz CT molecular complexity index is 1210. The van der Waals surface area contributed by atoms with E-state index in [0.717, 1.165) is 0 Å². The summed E-state index contributed by atoms with van der Waals surface area (Å²) < 4.78 is 33.7. The second-order valence-corrected chi connectivity index (χ2v) is 8.86. The molecule has 0 aromatic heterocycles. The molecule has 0 spiro atoms. The van der Waals surface area contributed by atoms with Crippen molar-refractivity contribution in [3.05, 3.63) is 81.8 Å². The number of aryl methyl sites for hydroxylation is 1. The number of hydrogen-bond acceptors (Lipinski definition) is 4. The number of carbonyl (C=O) groups excluding carboxylic acids is 1. The average molecular weight is 465 g/mol. The Balaban J connectivity index is 1.91. The highest BCUT2D eigenvalue weighted by molar-refractivity contribution is 7.92. The van der Waals surface area contributed by atoms with Gasteiger partial charge in [0.05, 0.1) is 28.3 Å². The van der Waals surface area contributed by atoms with E-state index >= 15 is 0 Å². The van der Waals surface area contributed by atoms with E-state index in [0.29, 0.717) is 27.7 Å². The van der Waals surface area contributed by atoms with Crippen LogP contribution in [0.4, 0.5) is 11.4 Å². The summed E-state index contributed by atoms with van der Waals surface area (Å²) in [6.07, 6.45) is 0. The standard InChI is InChI=1S/C21H18Cl2N2O4S/c1-13-7-9-15(24-21(26)16-11-14(22)8-10-17(16)23)12-20(13)30(27,28)25-18-5-3-4-6-19(18)29-2/h3-12,25H,1-2H3,(H,24,26). The zero-order valence-corrected chi connectivity index (χ0v) is 18.4. The van der Waals surface area contributed by atoms with Gasteiger partial charge in [-0.1, -0.05) is 41.4 Å². The molecule has 0 bridgehead atoms. The average Bonchev–Trinajstić information content (AvgIpc) is 2.71. The number of carbonyl (C=O) groups is 1. The van der Waals surface area contributed by atoms with E-state index in [4.69, 9.17) is 27.9 Å². The fraction of sp³-hybridized carbons (Fsp3) is 0.0952. The molecule has 2 N–H and O–H groups in total. The summed E-state index contributed by atoms with van der Waals surface area (Å²) in [5, 5.41) is 3.24. The minimum Gasteiger partial charge on any atom is -0.495 e. The number of rotatable bonds is 6. The Morgan fingerprint density at radius 1 is 1.00 bits per heavy atom. The van der Waals surface area contributed by atoms with Gasteiger partial charge >= 0.3 is 0 Å². The third kappa shape index (κ3) is 4.87. The molecule has 0 saturated carbocycles. The molecule has 30 heavy (non-hydrogen) atoms. The summed E-state index contributed by atoms with van der Waals surface area (Å²) in [6, 6.07) is 15.8. The van der Waals surface area contributed by atoms with E-state index in [9.17, 15) is 13.2 Å². The third-order valence-electron chi connectivity index (χ3n) is 4.26. The summed E-state index contributed by atoms with van der Waals surface area (Å²) >= 11 is 12.0. The van der Waals surface area contributed by atoms with Crippen molar-refractivity contribution in [2.24, 2.45) is 0 Å². The Hall–Kier alpha value is -2.74. The molecular formula is C21H18Cl2N2O4S. The van der Waals surface area contributed by atoms with Crippen LogP contribution in [-0.4, -0.2) is 21.4 Å². The van der Waals surface area contributed by atoms with Gasteiger partial charge in [-0.25, -0.2) is 8.42 Å².